The van der Waals surface area contributed by atoms with Gasteiger partial charge in [-0.3, -0.25) is 9.88 Å². The fourth-order valence-electron chi connectivity index (χ4n) is 2.11. The number of anilines is 1. The van der Waals surface area contributed by atoms with Crippen LogP contribution in [0, 0.1) is 0 Å². The van der Waals surface area contributed by atoms with Gasteiger partial charge < -0.3 is 5.32 Å². The van der Waals surface area contributed by atoms with Crippen LogP contribution in [0.25, 0.3) is 0 Å². The van der Waals surface area contributed by atoms with Crippen LogP contribution in [0.15, 0.2) is 42.7 Å². The van der Waals surface area contributed by atoms with Crippen LogP contribution < -0.4 is 5.32 Å². The zero-order valence-electron chi connectivity index (χ0n) is 12.2. The Bertz CT molecular complexity index is 513. The van der Waals surface area contributed by atoms with Gasteiger partial charge in [0.1, 0.15) is 5.82 Å². The highest BCUT2D eigenvalue weighted by Crippen LogP contribution is 2.11. The van der Waals surface area contributed by atoms with Gasteiger partial charge in [-0.25, -0.2) is 4.98 Å². The second-order valence-corrected chi connectivity index (χ2v) is 4.70. The first-order valence-corrected chi connectivity index (χ1v) is 7.13. The second kappa shape index (κ2) is 7.60. The SMILES string of the molecule is CCNc1cc(CN(CC)Cc2ccccn2)ccn1. The number of aromatic nitrogens is 2. The molecular formula is C16H22N4. The van der Waals surface area contributed by atoms with Gasteiger partial charge in [-0.2, -0.15) is 0 Å². The third-order valence-corrected chi connectivity index (χ3v) is 3.15. The van der Waals surface area contributed by atoms with Crippen molar-refractivity contribution in [1.82, 2.24) is 14.9 Å². The summed E-state index contributed by atoms with van der Waals surface area (Å²) >= 11 is 0. The Morgan fingerprint density at radius 1 is 1.05 bits per heavy atom. The van der Waals surface area contributed by atoms with Crippen molar-refractivity contribution in [3.63, 3.8) is 0 Å². The zero-order valence-corrected chi connectivity index (χ0v) is 12.2. The van der Waals surface area contributed by atoms with Crippen molar-refractivity contribution in [2.75, 3.05) is 18.4 Å². The monoisotopic (exact) mass is 270 g/mol. The lowest BCUT2D eigenvalue weighted by molar-refractivity contribution is 0.268. The molecule has 0 aliphatic carbocycles. The number of nitrogens with zero attached hydrogens (tertiary/aromatic N) is 3. The van der Waals surface area contributed by atoms with Crippen LogP contribution in [0.2, 0.25) is 0 Å². The molecule has 0 spiro atoms. The van der Waals surface area contributed by atoms with Crippen molar-refractivity contribution in [2.24, 2.45) is 0 Å². The number of nitrogens with one attached hydrogen (secondary N) is 1. The third kappa shape index (κ3) is 4.31. The fraction of sp³-hybridized carbons (Fsp3) is 0.375. The first-order chi connectivity index (χ1) is 9.81. The molecule has 0 bridgehead atoms. The topological polar surface area (TPSA) is 41.0 Å². The summed E-state index contributed by atoms with van der Waals surface area (Å²) in [6, 6.07) is 10.2. The molecule has 0 aromatic carbocycles. The maximum atomic E-state index is 4.39. The van der Waals surface area contributed by atoms with Gasteiger partial charge in [0.15, 0.2) is 0 Å². The Hall–Kier alpha value is -1.94. The Labute approximate surface area is 120 Å². The van der Waals surface area contributed by atoms with Crippen LogP contribution in [-0.4, -0.2) is 28.0 Å². The number of hydrogen-bond donors (Lipinski definition) is 1. The standard InChI is InChI=1S/C16H22N4/c1-3-17-16-11-14(8-10-19-16)12-20(4-2)13-15-7-5-6-9-18-15/h5-11H,3-4,12-13H2,1-2H3,(H,17,19). The molecule has 20 heavy (non-hydrogen) atoms. The molecule has 1 N–H and O–H groups in total. The molecule has 0 saturated carbocycles. The van der Waals surface area contributed by atoms with E-state index in [1.54, 1.807) is 0 Å². The van der Waals surface area contributed by atoms with Gasteiger partial charge in [-0.1, -0.05) is 13.0 Å². The maximum Gasteiger partial charge on any atom is 0.126 e. The summed E-state index contributed by atoms with van der Waals surface area (Å²) in [6.07, 6.45) is 3.71. The normalized spacial score (nSPS) is 10.8. The highest BCUT2D eigenvalue weighted by molar-refractivity contribution is 5.37. The maximum absolute atomic E-state index is 4.39. The van der Waals surface area contributed by atoms with Crippen LogP contribution in [0.5, 0.6) is 0 Å². The van der Waals surface area contributed by atoms with Crippen molar-refractivity contribution in [3.8, 4) is 0 Å². The lowest BCUT2D eigenvalue weighted by Crippen LogP contribution is -2.22. The fourth-order valence-corrected chi connectivity index (χ4v) is 2.11. The van der Waals surface area contributed by atoms with Crippen molar-refractivity contribution in [1.29, 1.82) is 0 Å². The number of rotatable bonds is 7. The summed E-state index contributed by atoms with van der Waals surface area (Å²) in [5, 5.41) is 3.25. The first kappa shape index (κ1) is 14.5. The van der Waals surface area contributed by atoms with Crippen molar-refractivity contribution >= 4 is 5.82 Å². The van der Waals surface area contributed by atoms with Crippen LogP contribution in [0.3, 0.4) is 0 Å². The largest absolute Gasteiger partial charge is 0.370 e. The van der Waals surface area contributed by atoms with E-state index in [4.69, 9.17) is 0 Å². The van der Waals surface area contributed by atoms with Crippen LogP contribution >= 0.6 is 0 Å². The van der Waals surface area contributed by atoms with Crippen molar-refractivity contribution in [3.05, 3.63) is 54.0 Å². The van der Waals surface area contributed by atoms with Gasteiger partial charge in [0.2, 0.25) is 0 Å². The van der Waals surface area contributed by atoms with Gasteiger partial charge in [-0.15, -0.1) is 0 Å². The van der Waals surface area contributed by atoms with Crippen LogP contribution in [0.1, 0.15) is 25.1 Å². The van der Waals surface area contributed by atoms with E-state index in [0.29, 0.717) is 0 Å². The minimum absolute atomic E-state index is 0.871. The molecule has 2 aromatic heterocycles. The summed E-state index contributed by atoms with van der Waals surface area (Å²) in [4.78, 5) is 11.1. The lowest BCUT2D eigenvalue weighted by Gasteiger charge is -2.20. The van der Waals surface area contributed by atoms with E-state index in [1.807, 2.05) is 24.5 Å². The summed E-state index contributed by atoms with van der Waals surface area (Å²) in [5.74, 6) is 0.943. The van der Waals surface area contributed by atoms with Gasteiger partial charge in [0.25, 0.3) is 0 Å². The molecule has 0 fully saturated rings. The van der Waals surface area contributed by atoms with E-state index in [-0.39, 0.29) is 0 Å². The van der Waals surface area contributed by atoms with Gasteiger partial charge in [0.05, 0.1) is 5.69 Å². The van der Waals surface area contributed by atoms with Gasteiger partial charge in [0, 0.05) is 32.0 Å². The molecule has 2 heterocycles. The molecule has 2 aromatic rings. The Morgan fingerprint density at radius 3 is 2.65 bits per heavy atom. The van der Waals surface area contributed by atoms with Gasteiger partial charge in [-0.05, 0) is 43.3 Å². The average Bonchev–Trinajstić information content (AvgIpc) is 2.48. The smallest absolute Gasteiger partial charge is 0.126 e. The molecule has 106 valence electrons. The van der Waals surface area contributed by atoms with Crippen LogP contribution in [0.4, 0.5) is 5.82 Å². The minimum atomic E-state index is 0.871. The first-order valence-electron chi connectivity index (χ1n) is 7.13. The van der Waals surface area contributed by atoms with Crippen molar-refractivity contribution in [2.45, 2.75) is 26.9 Å². The predicted octanol–water partition coefficient (Wildman–Crippen LogP) is 2.93. The number of hydrogen-bond acceptors (Lipinski definition) is 4. The second-order valence-electron chi connectivity index (χ2n) is 4.70. The number of pyridine rings is 2. The summed E-state index contributed by atoms with van der Waals surface area (Å²) in [7, 11) is 0. The van der Waals surface area contributed by atoms with E-state index in [9.17, 15) is 0 Å². The molecule has 2 rings (SSSR count). The van der Waals surface area contributed by atoms with E-state index >= 15 is 0 Å². The molecule has 0 unspecified atom stereocenters. The van der Waals surface area contributed by atoms with E-state index in [0.717, 1.165) is 37.7 Å². The highest BCUT2D eigenvalue weighted by atomic mass is 15.1. The zero-order chi connectivity index (χ0) is 14.2. The summed E-state index contributed by atoms with van der Waals surface area (Å²) < 4.78 is 0. The average molecular weight is 270 g/mol. The molecule has 0 saturated heterocycles. The van der Waals surface area contributed by atoms with E-state index < -0.39 is 0 Å². The highest BCUT2D eigenvalue weighted by Gasteiger charge is 2.06. The predicted molar refractivity (Wildman–Crippen MR) is 82.4 cm³/mol. The third-order valence-electron chi connectivity index (χ3n) is 3.15. The van der Waals surface area contributed by atoms with E-state index in [2.05, 4.69) is 52.2 Å². The lowest BCUT2D eigenvalue weighted by atomic mass is 10.2. The summed E-state index contributed by atoms with van der Waals surface area (Å²) in [5.41, 5.74) is 2.38. The quantitative estimate of drug-likeness (QED) is 0.840. The molecule has 0 amide bonds. The van der Waals surface area contributed by atoms with Crippen LogP contribution in [-0.2, 0) is 13.1 Å². The Kier molecular flexibility index (Phi) is 5.50. The molecule has 4 nitrogen and oxygen atoms in total. The van der Waals surface area contributed by atoms with Crippen molar-refractivity contribution < 1.29 is 0 Å². The molecule has 0 atom stereocenters. The Morgan fingerprint density at radius 2 is 1.95 bits per heavy atom. The Balaban J connectivity index is 2.00. The van der Waals surface area contributed by atoms with E-state index in [1.165, 1.54) is 5.56 Å². The van der Waals surface area contributed by atoms with Gasteiger partial charge >= 0.3 is 0 Å². The minimum Gasteiger partial charge on any atom is -0.370 e. The molecule has 0 radical (unpaired) electrons. The molecule has 4 heteroatoms. The molecule has 0 aliphatic rings. The molecule has 0 aliphatic heterocycles. The summed E-state index contributed by atoms with van der Waals surface area (Å²) in [6.45, 7) is 7.92. The molecular weight excluding hydrogens is 248 g/mol.